The molecule has 11 heteroatoms. The van der Waals surface area contributed by atoms with E-state index in [4.69, 9.17) is 14.7 Å². The maximum Gasteiger partial charge on any atom is 0.328 e. The standard InChI is InChI=1S/C21H30FN3O3.C4H4O4/c1-3-25(4-2,21(26)27)14-6-5-11-24-12-9-16(10-13-24)20-18-8-7-17(22)15-19(18)28-23-20;5-3(6)1-2-4(7)8/h7-8,15-16H,3-6,9-14H2,1-2H3;1-2H,(H,5,6)(H,7,8)/b;2-1+. The van der Waals surface area contributed by atoms with Crippen LogP contribution in [-0.4, -0.2) is 82.1 Å². The maximum atomic E-state index is 13.3. The first-order valence-corrected chi connectivity index (χ1v) is 12.1. The second kappa shape index (κ2) is 13.7. The van der Waals surface area contributed by atoms with E-state index in [9.17, 15) is 23.9 Å². The highest BCUT2D eigenvalue weighted by Gasteiger charge is 2.27. The summed E-state index contributed by atoms with van der Waals surface area (Å²) in [6.45, 7) is 8.55. The van der Waals surface area contributed by atoms with Gasteiger partial charge in [-0.15, -0.1) is 0 Å². The predicted octanol–water partition coefficient (Wildman–Crippen LogP) is 2.84. The van der Waals surface area contributed by atoms with Crippen LogP contribution in [0.2, 0.25) is 0 Å². The smallest absolute Gasteiger partial charge is 0.328 e. The van der Waals surface area contributed by atoms with E-state index in [-0.39, 0.29) is 10.3 Å². The number of carboxylic acids is 2. The van der Waals surface area contributed by atoms with Crippen LogP contribution < -0.4 is 5.11 Å². The predicted molar refractivity (Wildman–Crippen MR) is 128 cm³/mol. The van der Waals surface area contributed by atoms with Crippen LogP contribution in [0.25, 0.3) is 11.0 Å². The van der Waals surface area contributed by atoms with Gasteiger partial charge in [0.2, 0.25) is 0 Å². The molecule has 2 aromatic rings. The van der Waals surface area contributed by atoms with Gasteiger partial charge in [0.1, 0.15) is 5.82 Å². The number of benzene rings is 1. The van der Waals surface area contributed by atoms with Gasteiger partial charge in [-0.3, -0.25) is 4.48 Å². The zero-order chi connectivity index (χ0) is 26.7. The molecule has 0 bridgehead atoms. The molecule has 0 aliphatic carbocycles. The van der Waals surface area contributed by atoms with E-state index in [1.165, 1.54) is 12.1 Å². The first kappa shape index (κ1) is 28.9. The van der Waals surface area contributed by atoms with Crippen molar-refractivity contribution in [2.24, 2.45) is 0 Å². The molecule has 1 saturated heterocycles. The molecule has 1 aromatic carbocycles. The summed E-state index contributed by atoms with van der Waals surface area (Å²) < 4.78 is 18.7. The Kier molecular flexibility index (Phi) is 11.0. The Morgan fingerprint density at radius 3 is 2.28 bits per heavy atom. The number of aliphatic carboxylic acids is 2. The average Bonchev–Trinajstić information content (AvgIpc) is 3.26. The summed E-state index contributed by atoms with van der Waals surface area (Å²) in [5.74, 6) is -2.48. The molecule has 2 N–H and O–H groups in total. The number of quaternary nitrogens is 1. The first-order valence-electron chi connectivity index (χ1n) is 12.1. The molecule has 1 aliphatic rings. The molecule has 2 heterocycles. The third-order valence-corrected chi connectivity index (χ3v) is 6.71. The number of amides is 1. The van der Waals surface area contributed by atoms with Crippen molar-refractivity contribution in [3.05, 3.63) is 41.9 Å². The first-order chi connectivity index (χ1) is 17.1. The van der Waals surface area contributed by atoms with Crippen molar-refractivity contribution >= 4 is 29.0 Å². The number of unbranched alkanes of at least 4 members (excludes halogenated alkanes) is 1. The molecule has 1 aromatic heterocycles. The van der Waals surface area contributed by atoms with Crippen LogP contribution >= 0.6 is 0 Å². The van der Waals surface area contributed by atoms with Crippen molar-refractivity contribution in [2.45, 2.75) is 45.4 Å². The molecule has 0 unspecified atom stereocenters. The number of piperidine rings is 1. The molecule has 36 heavy (non-hydrogen) atoms. The van der Waals surface area contributed by atoms with E-state index < -0.39 is 18.0 Å². The van der Waals surface area contributed by atoms with E-state index in [2.05, 4.69) is 10.1 Å². The number of aromatic nitrogens is 1. The summed E-state index contributed by atoms with van der Waals surface area (Å²) in [7, 11) is 0. The summed E-state index contributed by atoms with van der Waals surface area (Å²) in [6.07, 6.45) is 4.03. The Balaban J connectivity index is 0.000000493. The Morgan fingerprint density at radius 1 is 1.14 bits per heavy atom. The Labute approximate surface area is 209 Å². The molecular weight excluding hydrogens is 473 g/mol. The van der Waals surface area contributed by atoms with Crippen LogP contribution in [0, 0.1) is 5.82 Å². The van der Waals surface area contributed by atoms with Gasteiger partial charge in [-0.25, -0.2) is 14.0 Å². The monoisotopic (exact) mass is 507 g/mol. The van der Waals surface area contributed by atoms with Gasteiger partial charge in [0.25, 0.3) is 6.09 Å². The van der Waals surface area contributed by atoms with Crippen molar-refractivity contribution in [3.63, 3.8) is 0 Å². The third kappa shape index (κ3) is 8.13. The van der Waals surface area contributed by atoms with Gasteiger partial charge in [-0.1, -0.05) is 5.16 Å². The highest BCUT2D eigenvalue weighted by molar-refractivity contribution is 5.89. The number of hydrogen-bond donors (Lipinski definition) is 2. The summed E-state index contributed by atoms with van der Waals surface area (Å²) in [4.78, 5) is 33.0. The van der Waals surface area contributed by atoms with Gasteiger partial charge < -0.3 is 29.5 Å². The van der Waals surface area contributed by atoms with E-state index >= 15 is 0 Å². The van der Waals surface area contributed by atoms with E-state index in [1.807, 2.05) is 13.8 Å². The molecule has 0 atom stereocenters. The summed E-state index contributed by atoms with van der Waals surface area (Å²) in [6, 6.07) is 4.60. The van der Waals surface area contributed by atoms with Crippen molar-refractivity contribution in [1.82, 2.24) is 10.1 Å². The number of carboxylic acid groups (broad SMARTS) is 3. The van der Waals surface area contributed by atoms with Crippen LogP contribution in [-0.2, 0) is 9.59 Å². The number of nitrogens with zero attached hydrogens (tertiary/aromatic N) is 3. The van der Waals surface area contributed by atoms with Gasteiger partial charge in [-0.05, 0) is 71.3 Å². The number of rotatable bonds is 10. The second-order valence-electron chi connectivity index (χ2n) is 8.81. The van der Waals surface area contributed by atoms with Crippen molar-refractivity contribution in [3.8, 4) is 0 Å². The maximum absolute atomic E-state index is 13.3. The quantitative estimate of drug-likeness (QED) is 0.282. The fraction of sp³-hybridized carbons (Fsp3) is 0.520. The van der Waals surface area contributed by atoms with E-state index in [0.717, 1.165) is 56.4 Å². The molecule has 0 saturated carbocycles. The Bertz CT molecular complexity index is 1040. The molecule has 0 spiro atoms. The molecule has 0 radical (unpaired) electrons. The molecule has 3 rings (SSSR count). The lowest BCUT2D eigenvalue weighted by molar-refractivity contribution is -0.873. The minimum Gasteiger partial charge on any atom is -0.498 e. The lowest BCUT2D eigenvalue weighted by Crippen LogP contribution is -2.59. The molecular formula is C25H34FN3O7. The fourth-order valence-corrected chi connectivity index (χ4v) is 4.44. The summed E-state index contributed by atoms with van der Waals surface area (Å²) in [5.41, 5.74) is 1.45. The molecule has 198 valence electrons. The molecule has 1 fully saturated rings. The number of likely N-dealkylation sites (tertiary alicyclic amines) is 1. The topological polar surface area (TPSA) is 144 Å². The zero-order valence-electron chi connectivity index (χ0n) is 20.7. The largest absolute Gasteiger partial charge is 0.498 e. The zero-order valence-corrected chi connectivity index (χ0v) is 20.7. The lowest BCUT2D eigenvalue weighted by Gasteiger charge is -2.36. The molecule has 1 amide bonds. The number of halogens is 1. The lowest BCUT2D eigenvalue weighted by atomic mass is 9.91. The van der Waals surface area contributed by atoms with Gasteiger partial charge in [-0.2, -0.15) is 0 Å². The number of carbonyl (C=O) groups is 3. The Hall–Kier alpha value is -3.31. The van der Waals surface area contributed by atoms with Crippen LogP contribution in [0.4, 0.5) is 9.18 Å². The molecule has 1 aliphatic heterocycles. The van der Waals surface area contributed by atoms with Crippen molar-refractivity contribution in [2.75, 3.05) is 39.3 Å². The minimum absolute atomic E-state index is 0.0436. The number of hydrogen-bond acceptors (Lipinski definition) is 7. The number of fused-ring (bicyclic) bond motifs is 1. The van der Waals surface area contributed by atoms with Crippen LogP contribution in [0.5, 0.6) is 0 Å². The molecule has 10 nitrogen and oxygen atoms in total. The van der Waals surface area contributed by atoms with Crippen molar-refractivity contribution < 1.29 is 43.1 Å². The van der Waals surface area contributed by atoms with Gasteiger partial charge >= 0.3 is 11.9 Å². The highest BCUT2D eigenvalue weighted by atomic mass is 19.1. The normalized spacial score (nSPS) is 15.1. The Morgan fingerprint density at radius 2 is 1.75 bits per heavy atom. The van der Waals surface area contributed by atoms with E-state index in [1.54, 1.807) is 6.07 Å². The second-order valence-corrected chi connectivity index (χ2v) is 8.81. The van der Waals surface area contributed by atoms with Gasteiger partial charge in [0, 0.05) is 29.5 Å². The SMILES string of the molecule is CC[N+](CC)(CCCCN1CCC(c2noc3cc(F)ccc23)CC1)C(=O)[O-].O=C(O)/C=C/C(=O)O. The third-order valence-electron chi connectivity index (χ3n) is 6.71. The summed E-state index contributed by atoms with van der Waals surface area (Å²) >= 11 is 0. The fourth-order valence-electron chi connectivity index (χ4n) is 4.44. The van der Waals surface area contributed by atoms with Gasteiger partial charge in [0.05, 0.1) is 25.3 Å². The van der Waals surface area contributed by atoms with Crippen LogP contribution in [0.1, 0.15) is 51.1 Å². The van der Waals surface area contributed by atoms with E-state index in [0.29, 0.717) is 43.3 Å². The van der Waals surface area contributed by atoms with Crippen LogP contribution in [0.15, 0.2) is 34.9 Å². The highest BCUT2D eigenvalue weighted by Crippen LogP contribution is 2.32. The average molecular weight is 508 g/mol. The van der Waals surface area contributed by atoms with Crippen LogP contribution in [0.3, 0.4) is 0 Å². The minimum atomic E-state index is -1.26. The summed E-state index contributed by atoms with van der Waals surface area (Å²) in [5, 5.41) is 32.2. The number of carbonyl (C=O) groups excluding carboxylic acids is 1. The van der Waals surface area contributed by atoms with Gasteiger partial charge in [0.15, 0.2) is 5.58 Å². The van der Waals surface area contributed by atoms with Crippen molar-refractivity contribution in [1.29, 1.82) is 0 Å².